The topological polar surface area (TPSA) is 27.6 Å². The summed E-state index contributed by atoms with van der Waals surface area (Å²) < 4.78 is 36.3. The number of benzene rings is 1. The molecule has 1 rings (SSSR count). The second-order valence-corrected chi connectivity index (χ2v) is 4.76. The van der Waals surface area contributed by atoms with Crippen LogP contribution >= 0.6 is 11.6 Å². The van der Waals surface area contributed by atoms with E-state index < -0.39 is 12.6 Å². The molecule has 0 fully saturated rings. The molecule has 20 heavy (non-hydrogen) atoms. The molecule has 1 aromatic carbocycles. The highest BCUT2D eigenvalue weighted by Crippen LogP contribution is 2.18. The smallest absolute Gasteiger partial charge is 0.356 e. The fraction of sp³-hybridized carbons (Fsp3) is 0.462. The molecule has 0 aromatic heterocycles. The van der Waals surface area contributed by atoms with Crippen molar-refractivity contribution in [2.75, 3.05) is 20.6 Å². The molecule has 0 unspecified atom stereocenters. The van der Waals surface area contributed by atoms with Gasteiger partial charge >= 0.3 is 6.18 Å². The Morgan fingerprint density at radius 1 is 1.30 bits per heavy atom. The van der Waals surface area contributed by atoms with Crippen molar-refractivity contribution in [1.29, 1.82) is 0 Å². The van der Waals surface area contributed by atoms with E-state index >= 15 is 0 Å². The van der Waals surface area contributed by atoms with Gasteiger partial charge in [-0.15, -0.1) is 0 Å². The van der Waals surface area contributed by atoms with Crippen molar-refractivity contribution in [3.05, 3.63) is 34.9 Å². The minimum atomic E-state index is -4.17. The predicted octanol–water partition coefficient (Wildman–Crippen LogP) is 3.30. The highest BCUT2D eigenvalue weighted by molar-refractivity contribution is 6.30. The van der Waals surface area contributed by atoms with E-state index in [0.29, 0.717) is 17.5 Å². The monoisotopic (exact) mass is 307 g/mol. The van der Waals surface area contributed by atoms with Gasteiger partial charge in [-0.2, -0.15) is 13.2 Å². The lowest BCUT2D eigenvalue weighted by atomic mass is 10.2. The van der Waals surface area contributed by atoms with Gasteiger partial charge in [-0.05, 0) is 17.7 Å². The van der Waals surface area contributed by atoms with Crippen LogP contribution in [0.25, 0.3) is 0 Å². The van der Waals surface area contributed by atoms with E-state index in [-0.39, 0.29) is 6.54 Å². The molecular weight excluding hydrogens is 291 g/mol. The lowest BCUT2D eigenvalue weighted by molar-refractivity contribution is -0.132. The van der Waals surface area contributed by atoms with E-state index in [1.54, 1.807) is 24.1 Å². The third kappa shape index (κ3) is 6.14. The van der Waals surface area contributed by atoms with Crippen LogP contribution in [-0.4, -0.2) is 37.7 Å². The van der Waals surface area contributed by atoms with Gasteiger partial charge in [0.25, 0.3) is 0 Å². The van der Waals surface area contributed by atoms with Crippen molar-refractivity contribution in [3.8, 4) is 0 Å². The third-order valence-electron chi connectivity index (χ3n) is 2.60. The predicted molar refractivity (Wildman–Crippen MR) is 75.0 cm³/mol. The number of nitrogens with one attached hydrogen (secondary N) is 1. The number of rotatable bonds is 4. The van der Waals surface area contributed by atoms with Crippen molar-refractivity contribution in [2.45, 2.75) is 19.1 Å². The Kier molecular flexibility index (Phi) is 6.13. The third-order valence-corrected chi connectivity index (χ3v) is 2.85. The summed E-state index contributed by atoms with van der Waals surface area (Å²) in [5, 5.41) is 3.33. The van der Waals surface area contributed by atoms with Gasteiger partial charge in [-0.3, -0.25) is 4.99 Å². The molecule has 0 saturated heterocycles. The Morgan fingerprint density at radius 3 is 2.40 bits per heavy atom. The molecule has 0 aliphatic carbocycles. The van der Waals surface area contributed by atoms with Crippen LogP contribution in [0, 0.1) is 0 Å². The SMILES string of the molecule is CN=C(NCCC(F)(F)F)N(C)Cc1ccc(Cl)cc1. The van der Waals surface area contributed by atoms with Gasteiger partial charge in [-0.1, -0.05) is 23.7 Å². The molecule has 3 nitrogen and oxygen atoms in total. The van der Waals surface area contributed by atoms with E-state index in [4.69, 9.17) is 11.6 Å². The molecule has 0 spiro atoms. The summed E-state index contributed by atoms with van der Waals surface area (Å²) in [6.45, 7) is 0.337. The van der Waals surface area contributed by atoms with Crippen LogP contribution in [0.3, 0.4) is 0 Å². The lowest BCUT2D eigenvalue weighted by Gasteiger charge is -2.22. The van der Waals surface area contributed by atoms with Crippen LogP contribution in [0.4, 0.5) is 13.2 Å². The molecule has 0 aliphatic heterocycles. The van der Waals surface area contributed by atoms with Crippen molar-refractivity contribution >= 4 is 17.6 Å². The summed E-state index contributed by atoms with van der Waals surface area (Å²) in [5.74, 6) is 0.421. The number of guanidine groups is 1. The fourth-order valence-electron chi connectivity index (χ4n) is 1.64. The Bertz CT molecular complexity index is 443. The molecule has 1 N–H and O–H groups in total. The highest BCUT2D eigenvalue weighted by Gasteiger charge is 2.26. The van der Waals surface area contributed by atoms with E-state index in [0.717, 1.165) is 5.56 Å². The Balaban J connectivity index is 2.51. The van der Waals surface area contributed by atoms with Gasteiger partial charge in [0.05, 0.1) is 6.42 Å². The quantitative estimate of drug-likeness (QED) is 0.683. The maximum Gasteiger partial charge on any atom is 0.390 e. The minimum Gasteiger partial charge on any atom is -0.356 e. The van der Waals surface area contributed by atoms with E-state index in [2.05, 4.69) is 10.3 Å². The molecule has 0 bridgehead atoms. The molecule has 0 saturated carbocycles. The summed E-state index contributed by atoms with van der Waals surface area (Å²) in [7, 11) is 3.30. The second-order valence-electron chi connectivity index (χ2n) is 4.32. The Hall–Kier alpha value is -1.43. The molecule has 1 aromatic rings. The van der Waals surface area contributed by atoms with Crippen LogP contribution in [-0.2, 0) is 6.54 Å². The van der Waals surface area contributed by atoms with Gasteiger partial charge < -0.3 is 10.2 Å². The summed E-state index contributed by atoms with van der Waals surface area (Å²) >= 11 is 5.79. The van der Waals surface area contributed by atoms with Gasteiger partial charge in [0.2, 0.25) is 0 Å². The largest absolute Gasteiger partial charge is 0.390 e. The number of hydrogen-bond donors (Lipinski definition) is 1. The molecule has 0 atom stereocenters. The summed E-state index contributed by atoms with van der Waals surface area (Å²) in [6.07, 6.45) is -5.05. The van der Waals surface area contributed by atoms with Crippen LogP contribution < -0.4 is 5.32 Å². The number of alkyl halides is 3. The van der Waals surface area contributed by atoms with Gasteiger partial charge in [0.15, 0.2) is 5.96 Å². The van der Waals surface area contributed by atoms with Crippen molar-refractivity contribution in [3.63, 3.8) is 0 Å². The minimum absolute atomic E-state index is 0.193. The molecule has 7 heteroatoms. The Labute approximate surface area is 121 Å². The summed E-state index contributed by atoms with van der Waals surface area (Å²) in [4.78, 5) is 5.71. The first-order chi connectivity index (χ1) is 9.31. The van der Waals surface area contributed by atoms with Gasteiger partial charge in [-0.25, -0.2) is 0 Å². The first kappa shape index (κ1) is 16.6. The number of halogens is 4. The van der Waals surface area contributed by atoms with Crippen LogP contribution in [0.15, 0.2) is 29.3 Å². The molecule has 0 amide bonds. The number of aliphatic imine (C=N–C) groups is 1. The number of nitrogens with zero attached hydrogens (tertiary/aromatic N) is 2. The van der Waals surface area contributed by atoms with Gasteiger partial charge in [0, 0.05) is 32.2 Å². The standard InChI is InChI=1S/C13H17ClF3N3/c1-18-12(19-8-7-13(15,16)17)20(2)9-10-3-5-11(14)6-4-10/h3-6H,7-9H2,1-2H3,(H,18,19). The molecular formula is C13H17ClF3N3. The zero-order chi connectivity index (χ0) is 15.2. The molecule has 0 radical (unpaired) electrons. The highest BCUT2D eigenvalue weighted by atomic mass is 35.5. The molecule has 0 aliphatic rings. The lowest BCUT2D eigenvalue weighted by Crippen LogP contribution is -2.39. The summed E-state index contributed by atoms with van der Waals surface area (Å²) in [6, 6.07) is 7.26. The first-order valence-corrected chi connectivity index (χ1v) is 6.42. The fourth-order valence-corrected chi connectivity index (χ4v) is 1.77. The van der Waals surface area contributed by atoms with Crippen molar-refractivity contribution in [2.24, 2.45) is 4.99 Å². The van der Waals surface area contributed by atoms with E-state index in [1.807, 2.05) is 12.1 Å². The maximum atomic E-state index is 12.1. The van der Waals surface area contributed by atoms with Crippen LogP contribution in [0.5, 0.6) is 0 Å². The Morgan fingerprint density at radius 2 is 1.90 bits per heavy atom. The van der Waals surface area contributed by atoms with Crippen molar-refractivity contribution in [1.82, 2.24) is 10.2 Å². The number of hydrogen-bond acceptors (Lipinski definition) is 1. The average Bonchev–Trinajstić information content (AvgIpc) is 2.36. The maximum absolute atomic E-state index is 12.1. The zero-order valence-corrected chi connectivity index (χ0v) is 12.1. The van der Waals surface area contributed by atoms with E-state index in [9.17, 15) is 13.2 Å². The zero-order valence-electron chi connectivity index (χ0n) is 11.3. The van der Waals surface area contributed by atoms with Crippen molar-refractivity contribution < 1.29 is 13.2 Å². The average molecular weight is 308 g/mol. The van der Waals surface area contributed by atoms with Crippen LogP contribution in [0.2, 0.25) is 5.02 Å². The molecule has 112 valence electrons. The normalized spacial score (nSPS) is 12.4. The molecule has 0 heterocycles. The van der Waals surface area contributed by atoms with E-state index in [1.165, 1.54) is 7.05 Å². The summed E-state index contributed by atoms with van der Waals surface area (Å²) in [5.41, 5.74) is 0.996. The van der Waals surface area contributed by atoms with Gasteiger partial charge in [0.1, 0.15) is 0 Å². The second kappa shape index (κ2) is 7.38. The van der Waals surface area contributed by atoms with Crippen LogP contribution in [0.1, 0.15) is 12.0 Å². The first-order valence-electron chi connectivity index (χ1n) is 6.05.